The predicted octanol–water partition coefficient (Wildman–Crippen LogP) is 2.58. The second kappa shape index (κ2) is 6.36. The van der Waals surface area contributed by atoms with E-state index in [1.54, 1.807) is 4.90 Å². The van der Waals surface area contributed by atoms with E-state index < -0.39 is 6.67 Å². The molecule has 1 unspecified atom stereocenters. The van der Waals surface area contributed by atoms with Crippen molar-refractivity contribution in [2.75, 3.05) is 19.8 Å². The van der Waals surface area contributed by atoms with E-state index in [9.17, 15) is 9.18 Å². The Morgan fingerprint density at radius 1 is 1.42 bits per heavy atom. The van der Waals surface area contributed by atoms with Gasteiger partial charge in [-0.1, -0.05) is 24.8 Å². The number of benzene rings is 1. The zero-order valence-corrected chi connectivity index (χ0v) is 10.8. The first-order chi connectivity index (χ1) is 9.20. The number of alkyl halides is 1. The average Bonchev–Trinajstić information content (AvgIpc) is 2.88. The van der Waals surface area contributed by atoms with E-state index in [0.717, 1.165) is 12.2 Å². The van der Waals surface area contributed by atoms with E-state index in [0.29, 0.717) is 18.7 Å². The van der Waals surface area contributed by atoms with Crippen molar-refractivity contribution < 1.29 is 13.9 Å². The van der Waals surface area contributed by atoms with Crippen molar-refractivity contribution in [2.45, 2.75) is 18.9 Å². The third kappa shape index (κ3) is 3.56. The van der Waals surface area contributed by atoms with Crippen molar-refractivity contribution >= 4 is 5.91 Å². The summed E-state index contributed by atoms with van der Waals surface area (Å²) < 4.78 is 18.0. The molecule has 2 rings (SSSR count). The van der Waals surface area contributed by atoms with Gasteiger partial charge in [0.15, 0.2) is 0 Å². The van der Waals surface area contributed by atoms with E-state index in [-0.39, 0.29) is 18.4 Å². The Kier molecular flexibility index (Phi) is 4.55. The van der Waals surface area contributed by atoms with Gasteiger partial charge in [-0.25, -0.2) is 0 Å². The Morgan fingerprint density at radius 2 is 2.16 bits per heavy atom. The van der Waals surface area contributed by atoms with Gasteiger partial charge in [0.2, 0.25) is 5.91 Å². The highest BCUT2D eigenvalue weighted by Gasteiger charge is 2.28. The molecule has 0 radical (unpaired) electrons. The van der Waals surface area contributed by atoms with Crippen LogP contribution in [0.25, 0.3) is 0 Å². The molecule has 0 N–H and O–H groups in total. The smallest absolute Gasteiger partial charge is 0.249 e. The molecular weight excluding hydrogens is 245 g/mol. The number of hydrogen-bond acceptors (Lipinski definition) is 2. The molecule has 0 bridgehead atoms. The molecular formula is C15H18FNO2. The van der Waals surface area contributed by atoms with E-state index >= 15 is 0 Å². The number of likely N-dealkylation sites (tertiary alicyclic amines) is 1. The highest BCUT2D eigenvalue weighted by molar-refractivity contribution is 5.93. The van der Waals surface area contributed by atoms with E-state index in [4.69, 9.17) is 4.74 Å². The number of carbonyl (C=O) groups excluding carboxylic acids is 1. The minimum absolute atomic E-state index is 0.00419. The van der Waals surface area contributed by atoms with Crippen LogP contribution in [0.4, 0.5) is 4.39 Å². The van der Waals surface area contributed by atoms with Crippen molar-refractivity contribution in [3.63, 3.8) is 0 Å². The van der Waals surface area contributed by atoms with Gasteiger partial charge >= 0.3 is 0 Å². The fourth-order valence-corrected chi connectivity index (χ4v) is 2.14. The Morgan fingerprint density at radius 3 is 2.84 bits per heavy atom. The van der Waals surface area contributed by atoms with Crippen LogP contribution in [0.1, 0.15) is 12.8 Å². The number of para-hydroxylation sites is 1. The number of nitrogens with zero attached hydrogens (tertiary/aromatic N) is 1. The Balaban J connectivity index is 1.86. The number of rotatable bonds is 5. The van der Waals surface area contributed by atoms with Gasteiger partial charge in [-0.3, -0.25) is 9.18 Å². The molecule has 0 aliphatic carbocycles. The lowest BCUT2D eigenvalue weighted by atomic mass is 10.2. The van der Waals surface area contributed by atoms with Crippen LogP contribution in [-0.2, 0) is 4.79 Å². The minimum atomic E-state index is -0.539. The lowest BCUT2D eigenvalue weighted by molar-refractivity contribution is -0.126. The number of amides is 1. The van der Waals surface area contributed by atoms with Gasteiger partial charge < -0.3 is 9.64 Å². The number of halogens is 1. The van der Waals surface area contributed by atoms with Gasteiger partial charge in [0.1, 0.15) is 11.9 Å². The van der Waals surface area contributed by atoms with Crippen LogP contribution in [0.2, 0.25) is 0 Å². The van der Waals surface area contributed by atoms with Crippen molar-refractivity contribution in [1.29, 1.82) is 0 Å². The molecule has 1 aromatic carbocycles. The van der Waals surface area contributed by atoms with Gasteiger partial charge in [0, 0.05) is 25.0 Å². The summed E-state index contributed by atoms with van der Waals surface area (Å²) in [6.45, 7) is 4.27. The fraction of sp³-hybridized carbons (Fsp3) is 0.400. The van der Waals surface area contributed by atoms with Gasteiger partial charge in [0.05, 0.1) is 13.2 Å². The van der Waals surface area contributed by atoms with Crippen LogP contribution in [-0.4, -0.2) is 36.7 Å². The Labute approximate surface area is 112 Å². The topological polar surface area (TPSA) is 29.5 Å². The van der Waals surface area contributed by atoms with Crippen LogP contribution in [0.15, 0.2) is 42.5 Å². The normalized spacial score (nSPS) is 18.4. The minimum Gasteiger partial charge on any atom is -0.489 e. The van der Waals surface area contributed by atoms with Crippen LogP contribution < -0.4 is 4.74 Å². The summed E-state index contributed by atoms with van der Waals surface area (Å²) in [6.07, 6.45) is 0.910. The molecule has 1 aliphatic heterocycles. The molecule has 1 amide bonds. The molecule has 1 saturated heterocycles. The summed E-state index contributed by atoms with van der Waals surface area (Å²) in [5, 5.41) is 0. The van der Waals surface area contributed by atoms with Gasteiger partial charge in [0.25, 0.3) is 0 Å². The predicted molar refractivity (Wildman–Crippen MR) is 71.8 cm³/mol. The van der Waals surface area contributed by atoms with Crippen molar-refractivity contribution in [2.24, 2.45) is 0 Å². The molecule has 102 valence electrons. The molecule has 1 heterocycles. The molecule has 1 aromatic rings. The molecule has 19 heavy (non-hydrogen) atoms. The number of hydrogen-bond donors (Lipinski definition) is 0. The van der Waals surface area contributed by atoms with Crippen LogP contribution >= 0.6 is 0 Å². The monoisotopic (exact) mass is 263 g/mol. The number of carbonyl (C=O) groups is 1. The highest BCUT2D eigenvalue weighted by atomic mass is 19.1. The fourth-order valence-electron chi connectivity index (χ4n) is 2.14. The average molecular weight is 263 g/mol. The van der Waals surface area contributed by atoms with Crippen LogP contribution in [0, 0.1) is 0 Å². The largest absolute Gasteiger partial charge is 0.489 e. The summed E-state index contributed by atoms with van der Waals surface area (Å²) in [4.78, 5) is 13.6. The maximum absolute atomic E-state index is 12.2. The Hall–Kier alpha value is -1.84. The van der Waals surface area contributed by atoms with Crippen molar-refractivity contribution in [3.8, 4) is 5.75 Å². The number of ether oxygens (including phenoxy) is 1. The first-order valence-electron chi connectivity index (χ1n) is 6.45. The standard InChI is InChI=1S/C15H18FNO2/c1-12(7-9-16)15(18)17-10-8-14(11-17)19-13-5-3-2-4-6-13/h2-6,14H,1,7-11H2. The summed E-state index contributed by atoms with van der Waals surface area (Å²) in [5.41, 5.74) is 0.336. The SMILES string of the molecule is C=C(CCF)C(=O)N1CCC(Oc2ccccc2)C1. The Bertz CT molecular complexity index is 447. The van der Waals surface area contributed by atoms with E-state index in [2.05, 4.69) is 6.58 Å². The quantitative estimate of drug-likeness (QED) is 0.764. The molecule has 1 fully saturated rings. The van der Waals surface area contributed by atoms with Crippen molar-refractivity contribution in [3.05, 3.63) is 42.5 Å². The van der Waals surface area contributed by atoms with E-state index in [1.165, 1.54) is 0 Å². The third-order valence-corrected chi connectivity index (χ3v) is 3.18. The molecule has 1 aliphatic rings. The zero-order chi connectivity index (χ0) is 13.7. The van der Waals surface area contributed by atoms with Gasteiger partial charge in [-0.2, -0.15) is 0 Å². The van der Waals surface area contributed by atoms with Gasteiger partial charge in [-0.05, 0) is 12.1 Å². The lowest BCUT2D eigenvalue weighted by Gasteiger charge is -2.18. The first kappa shape index (κ1) is 13.6. The maximum Gasteiger partial charge on any atom is 0.249 e. The van der Waals surface area contributed by atoms with Crippen LogP contribution in [0.3, 0.4) is 0 Å². The maximum atomic E-state index is 12.2. The molecule has 0 saturated carbocycles. The summed E-state index contributed by atoms with van der Waals surface area (Å²) >= 11 is 0. The zero-order valence-electron chi connectivity index (χ0n) is 10.8. The second-order valence-corrected chi connectivity index (χ2v) is 4.64. The third-order valence-electron chi connectivity index (χ3n) is 3.18. The molecule has 0 spiro atoms. The van der Waals surface area contributed by atoms with Crippen LogP contribution in [0.5, 0.6) is 5.75 Å². The molecule has 0 aromatic heterocycles. The summed E-state index contributed by atoms with van der Waals surface area (Å²) in [7, 11) is 0. The molecule has 3 nitrogen and oxygen atoms in total. The lowest BCUT2D eigenvalue weighted by Crippen LogP contribution is -2.31. The highest BCUT2D eigenvalue weighted by Crippen LogP contribution is 2.19. The first-order valence-corrected chi connectivity index (χ1v) is 6.45. The molecule has 1 atom stereocenters. The van der Waals surface area contributed by atoms with Gasteiger partial charge in [-0.15, -0.1) is 0 Å². The van der Waals surface area contributed by atoms with E-state index in [1.807, 2.05) is 30.3 Å². The summed E-state index contributed by atoms with van der Waals surface area (Å²) in [6, 6.07) is 9.55. The van der Waals surface area contributed by atoms with Crippen molar-refractivity contribution in [1.82, 2.24) is 4.90 Å². The summed E-state index contributed by atoms with van der Waals surface area (Å²) in [5.74, 6) is 0.654. The second-order valence-electron chi connectivity index (χ2n) is 4.64. The molecule has 4 heteroatoms.